The highest BCUT2D eigenvalue weighted by molar-refractivity contribution is 6.35. The van der Waals surface area contributed by atoms with Crippen LogP contribution >= 0.6 is 23.2 Å². The van der Waals surface area contributed by atoms with Gasteiger partial charge in [-0.25, -0.2) is 4.79 Å². The lowest BCUT2D eigenvalue weighted by Crippen LogP contribution is -2.18. The fourth-order valence-corrected chi connectivity index (χ4v) is 1.85. The summed E-state index contributed by atoms with van der Waals surface area (Å²) < 4.78 is 5.17. The van der Waals surface area contributed by atoms with E-state index in [1.54, 1.807) is 31.2 Å². The van der Waals surface area contributed by atoms with Gasteiger partial charge in [-0.3, -0.25) is 0 Å². The molecule has 0 aliphatic carbocycles. The van der Waals surface area contributed by atoms with Gasteiger partial charge in [0.1, 0.15) is 6.10 Å². The number of halogens is 2. The van der Waals surface area contributed by atoms with Gasteiger partial charge in [-0.05, 0) is 19.1 Å². The summed E-state index contributed by atoms with van der Waals surface area (Å²) in [6.07, 6.45) is 2.36. The number of rotatable bonds is 4. The van der Waals surface area contributed by atoms with Crippen molar-refractivity contribution in [3.05, 3.63) is 46.0 Å². The molecule has 3 nitrogen and oxygen atoms in total. The molecule has 0 amide bonds. The van der Waals surface area contributed by atoms with E-state index in [4.69, 9.17) is 33.7 Å². The molecule has 1 rings (SSSR count). The van der Waals surface area contributed by atoms with Crippen LogP contribution in [0.4, 0.5) is 0 Å². The van der Waals surface area contributed by atoms with Gasteiger partial charge >= 0.3 is 5.97 Å². The average Bonchev–Trinajstić information content (AvgIpc) is 2.27. The van der Waals surface area contributed by atoms with Gasteiger partial charge in [0.05, 0.1) is 0 Å². The summed E-state index contributed by atoms with van der Waals surface area (Å²) in [7, 11) is 0. The van der Waals surface area contributed by atoms with Gasteiger partial charge in [0.15, 0.2) is 0 Å². The monoisotopic (exact) mass is 273 g/mol. The van der Waals surface area contributed by atoms with E-state index >= 15 is 0 Å². The smallest absolute Gasteiger partial charge is 0.331 e. The minimum Gasteiger partial charge on any atom is -0.453 e. The summed E-state index contributed by atoms with van der Waals surface area (Å²) in [6, 6.07) is 4.96. The minimum atomic E-state index is -0.566. The van der Waals surface area contributed by atoms with Crippen molar-refractivity contribution >= 4 is 29.2 Å². The Morgan fingerprint density at radius 2 is 2.24 bits per heavy atom. The van der Waals surface area contributed by atoms with Gasteiger partial charge in [0, 0.05) is 28.2 Å². The third-order valence-corrected chi connectivity index (χ3v) is 2.65. The van der Waals surface area contributed by atoms with E-state index in [1.807, 2.05) is 0 Å². The summed E-state index contributed by atoms with van der Waals surface area (Å²) in [5.41, 5.74) is 6.21. The quantitative estimate of drug-likeness (QED) is 0.678. The number of carbonyl (C=O) groups excluding carboxylic acids is 1. The lowest BCUT2D eigenvalue weighted by molar-refractivity contribution is -0.142. The predicted octanol–water partition coefficient (Wildman–Crippen LogP) is 3.11. The van der Waals surface area contributed by atoms with Crippen molar-refractivity contribution in [1.29, 1.82) is 0 Å². The maximum absolute atomic E-state index is 11.3. The van der Waals surface area contributed by atoms with E-state index in [0.29, 0.717) is 15.6 Å². The first kappa shape index (κ1) is 14.0. The molecular formula is C12H13Cl2NO2. The summed E-state index contributed by atoms with van der Waals surface area (Å²) >= 11 is 11.8. The lowest BCUT2D eigenvalue weighted by Gasteiger charge is -2.16. The molecule has 92 valence electrons. The molecule has 0 spiro atoms. The lowest BCUT2D eigenvalue weighted by atomic mass is 10.1. The van der Waals surface area contributed by atoms with Crippen LogP contribution in [0.15, 0.2) is 30.4 Å². The summed E-state index contributed by atoms with van der Waals surface area (Å²) in [5, 5.41) is 0.954. The first-order valence-corrected chi connectivity index (χ1v) is 5.82. The van der Waals surface area contributed by atoms with Gasteiger partial charge in [-0.1, -0.05) is 35.3 Å². The van der Waals surface area contributed by atoms with Gasteiger partial charge in [0.2, 0.25) is 0 Å². The second-order valence-corrected chi connectivity index (χ2v) is 4.17. The van der Waals surface area contributed by atoms with Crippen LogP contribution in [0.3, 0.4) is 0 Å². The number of carbonyl (C=O) groups is 1. The third-order valence-electron chi connectivity index (χ3n) is 2.08. The molecule has 17 heavy (non-hydrogen) atoms. The van der Waals surface area contributed by atoms with Crippen LogP contribution in [0.1, 0.15) is 18.6 Å². The Balaban J connectivity index is 2.90. The third kappa shape index (κ3) is 4.04. The Kier molecular flexibility index (Phi) is 5.48. The summed E-state index contributed by atoms with van der Waals surface area (Å²) in [5.74, 6) is -0.450. The van der Waals surface area contributed by atoms with E-state index in [9.17, 15) is 4.79 Å². The van der Waals surface area contributed by atoms with Crippen LogP contribution in [0, 0.1) is 0 Å². The zero-order chi connectivity index (χ0) is 12.8. The maximum atomic E-state index is 11.3. The van der Waals surface area contributed by atoms with Crippen LogP contribution in [0.25, 0.3) is 0 Å². The van der Waals surface area contributed by atoms with Gasteiger partial charge in [0.25, 0.3) is 0 Å². The van der Waals surface area contributed by atoms with E-state index in [1.165, 1.54) is 6.08 Å². The van der Waals surface area contributed by atoms with Crippen molar-refractivity contribution in [2.24, 2.45) is 5.73 Å². The molecule has 0 aliphatic heterocycles. The Morgan fingerprint density at radius 3 is 2.76 bits per heavy atom. The van der Waals surface area contributed by atoms with Crippen LogP contribution in [-0.4, -0.2) is 12.5 Å². The van der Waals surface area contributed by atoms with Gasteiger partial charge in [-0.15, -0.1) is 0 Å². The summed E-state index contributed by atoms with van der Waals surface area (Å²) in [6.45, 7) is 1.89. The first-order chi connectivity index (χ1) is 8.08. The average molecular weight is 274 g/mol. The Hall–Kier alpha value is -1.03. The van der Waals surface area contributed by atoms with Crippen molar-refractivity contribution in [2.75, 3.05) is 6.54 Å². The predicted molar refractivity (Wildman–Crippen MR) is 69.2 cm³/mol. The van der Waals surface area contributed by atoms with Crippen molar-refractivity contribution in [3.63, 3.8) is 0 Å². The molecule has 1 unspecified atom stereocenters. The normalized spacial score (nSPS) is 12.7. The second-order valence-electron chi connectivity index (χ2n) is 3.33. The van der Waals surface area contributed by atoms with Crippen LogP contribution in [0.5, 0.6) is 0 Å². The van der Waals surface area contributed by atoms with Crippen LogP contribution in [0.2, 0.25) is 10.0 Å². The molecule has 1 atom stereocenters. The van der Waals surface area contributed by atoms with Crippen molar-refractivity contribution in [2.45, 2.75) is 13.0 Å². The Bertz CT molecular complexity index is 433. The molecule has 0 aliphatic rings. The highest BCUT2D eigenvalue weighted by atomic mass is 35.5. The highest BCUT2D eigenvalue weighted by Crippen LogP contribution is 2.28. The summed E-state index contributed by atoms with van der Waals surface area (Å²) in [4.78, 5) is 11.3. The molecule has 1 aromatic rings. The Morgan fingerprint density at radius 1 is 1.53 bits per heavy atom. The molecule has 0 heterocycles. The molecule has 0 radical (unpaired) electrons. The second kappa shape index (κ2) is 6.64. The van der Waals surface area contributed by atoms with Crippen molar-refractivity contribution < 1.29 is 9.53 Å². The number of allylic oxidation sites excluding steroid dienone is 1. The van der Waals surface area contributed by atoms with Crippen molar-refractivity contribution in [1.82, 2.24) is 0 Å². The van der Waals surface area contributed by atoms with E-state index in [0.717, 1.165) is 0 Å². The maximum Gasteiger partial charge on any atom is 0.331 e. The molecule has 2 N–H and O–H groups in total. The first-order valence-electron chi connectivity index (χ1n) is 5.06. The largest absolute Gasteiger partial charge is 0.453 e. The number of ether oxygens (including phenoxy) is 1. The molecule has 1 aromatic carbocycles. The molecular weight excluding hydrogens is 261 g/mol. The number of benzene rings is 1. The van der Waals surface area contributed by atoms with Crippen LogP contribution in [-0.2, 0) is 9.53 Å². The number of hydrogen-bond acceptors (Lipinski definition) is 3. The molecule has 0 bridgehead atoms. The van der Waals surface area contributed by atoms with Crippen molar-refractivity contribution in [3.8, 4) is 0 Å². The zero-order valence-corrected chi connectivity index (χ0v) is 10.8. The standard InChI is InChI=1S/C12H13Cl2NO2/c1-2-3-12(16)17-11(7-15)9-5-4-8(13)6-10(9)14/h2-6,11H,7,15H2,1H3/b3-2+. The minimum absolute atomic E-state index is 0.157. The topological polar surface area (TPSA) is 52.3 Å². The number of nitrogens with two attached hydrogens (primary N) is 1. The molecule has 5 heteroatoms. The van der Waals surface area contributed by atoms with E-state index < -0.39 is 12.1 Å². The molecule has 0 aromatic heterocycles. The molecule has 0 fully saturated rings. The van der Waals surface area contributed by atoms with Crippen LogP contribution < -0.4 is 5.73 Å². The highest BCUT2D eigenvalue weighted by Gasteiger charge is 2.16. The van der Waals surface area contributed by atoms with E-state index in [2.05, 4.69) is 0 Å². The number of esters is 1. The SMILES string of the molecule is C/C=C/C(=O)OC(CN)c1ccc(Cl)cc1Cl. The van der Waals surface area contributed by atoms with Gasteiger partial charge < -0.3 is 10.5 Å². The fourth-order valence-electron chi connectivity index (χ4n) is 1.32. The number of hydrogen-bond donors (Lipinski definition) is 1. The molecule has 0 saturated carbocycles. The zero-order valence-electron chi connectivity index (χ0n) is 9.32. The Labute approximate surface area is 110 Å². The van der Waals surface area contributed by atoms with Gasteiger partial charge in [-0.2, -0.15) is 0 Å². The fraction of sp³-hybridized carbons (Fsp3) is 0.250. The molecule has 0 saturated heterocycles. The van der Waals surface area contributed by atoms with E-state index in [-0.39, 0.29) is 6.54 Å².